The van der Waals surface area contributed by atoms with Gasteiger partial charge in [-0.2, -0.15) is 4.98 Å². The molecule has 1 fully saturated rings. The molecule has 31 heavy (non-hydrogen) atoms. The summed E-state index contributed by atoms with van der Waals surface area (Å²) in [7, 11) is 0. The molecule has 0 aliphatic carbocycles. The molecule has 4 heterocycles. The summed E-state index contributed by atoms with van der Waals surface area (Å²) < 4.78 is 3.82. The van der Waals surface area contributed by atoms with Gasteiger partial charge in [0.15, 0.2) is 11.6 Å². The fourth-order valence-electron chi connectivity index (χ4n) is 4.29. The Bertz CT molecular complexity index is 1220. The van der Waals surface area contributed by atoms with Gasteiger partial charge in [0, 0.05) is 18.4 Å². The number of aromatic nitrogens is 5. The Morgan fingerprint density at radius 1 is 1.19 bits per heavy atom. The number of benzene rings is 1. The Balaban J connectivity index is 1.47. The molecule has 2 N–H and O–H groups in total. The largest absolute Gasteiger partial charge is 0.394 e. The second-order valence-corrected chi connectivity index (χ2v) is 8.26. The Morgan fingerprint density at radius 2 is 2.00 bits per heavy atom. The van der Waals surface area contributed by atoms with Crippen LogP contribution in [-0.4, -0.2) is 48.4 Å². The molecule has 1 aliphatic heterocycles. The van der Waals surface area contributed by atoms with Crippen LogP contribution in [0.2, 0.25) is 0 Å². The number of imidazole rings is 1. The fourth-order valence-corrected chi connectivity index (χ4v) is 4.29. The maximum Gasteiger partial charge on any atom is 0.248 e. The monoisotopic (exact) mass is 417 g/mol. The topological polar surface area (TPSA) is 83.5 Å². The van der Waals surface area contributed by atoms with Crippen molar-refractivity contribution in [3.05, 3.63) is 59.7 Å². The Kier molecular flexibility index (Phi) is 4.86. The van der Waals surface area contributed by atoms with E-state index in [0.29, 0.717) is 11.8 Å². The minimum absolute atomic E-state index is 0.0914. The van der Waals surface area contributed by atoms with Crippen molar-refractivity contribution in [2.45, 2.75) is 39.7 Å². The normalized spacial score (nSPS) is 16.4. The molecule has 1 atom stereocenters. The number of nitrogens with one attached hydrogen (secondary N) is 1. The molecule has 160 valence electrons. The quantitative estimate of drug-likeness (QED) is 0.517. The van der Waals surface area contributed by atoms with Gasteiger partial charge >= 0.3 is 0 Å². The van der Waals surface area contributed by atoms with E-state index in [1.807, 2.05) is 33.6 Å². The molecule has 0 bridgehead atoms. The van der Waals surface area contributed by atoms with Crippen LogP contribution in [0.5, 0.6) is 0 Å². The number of rotatable bonds is 5. The summed E-state index contributed by atoms with van der Waals surface area (Å²) in [5, 5.41) is 17.6. The van der Waals surface area contributed by atoms with E-state index in [1.54, 1.807) is 6.33 Å². The molecule has 0 radical (unpaired) electrons. The highest BCUT2D eigenvalue weighted by Crippen LogP contribution is 2.29. The predicted molar refractivity (Wildman–Crippen MR) is 121 cm³/mol. The van der Waals surface area contributed by atoms with E-state index in [-0.39, 0.29) is 12.6 Å². The summed E-state index contributed by atoms with van der Waals surface area (Å²) in [6.07, 6.45) is 7.66. The Labute approximate surface area is 181 Å². The average Bonchev–Trinajstić information content (AvgIpc) is 3.51. The molecular weight excluding hydrogens is 390 g/mol. The highest BCUT2D eigenvalue weighted by Gasteiger charge is 2.27. The van der Waals surface area contributed by atoms with E-state index >= 15 is 0 Å². The number of anilines is 3. The summed E-state index contributed by atoms with van der Waals surface area (Å²) in [5.41, 5.74) is 5.83. The van der Waals surface area contributed by atoms with E-state index in [2.05, 4.69) is 53.2 Å². The smallest absolute Gasteiger partial charge is 0.248 e. The molecule has 1 aromatic carbocycles. The van der Waals surface area contributed by atoms with Gasteiger partial charge < -0.3 is 19.9 Å². The first-order valence-electron chi connectivity index (χ1n) is 10.7. The summed E-state index contributed by atoms with van der Waals surface area (Å²) in [5.74, 6) is 1.99. The number of hydrogen-bond donors (Lipinski definition) is 2. The predicted octanol–water partition coefficient (Wildman–Crippen LogP) is 3.54. The van der Waals surface area contributed by atoms with Gasteiger partial charge in [-0.15, -0.1) is 5.10 Å². The lowest BCUT2D eigenvalue weighted by Gasteiger charge is -2.25. The van der Waals surface area contributed by atoms with Gasteiger partial charge in [0.1, 0.15) is 11.8 Å². The van der Waals surface area contributed by atoms with Gasteiger partial charge in [-0.05, 0) is 74.6 Å². The maximum atomic E-state index is 9.77. The van der Waals surface area contributed by atoms with Crippen molar-refractivity contribution in [2.75, 3.05) is 23.4 Å². The highest BCUT2D eigenvalue weighted by molar-refractivity contribution is 5.71. The number of nitrogens with zero attached hydrogens (tertiary/aromatic N) is 6. The van der Waals surface area contributed by atoms with Gasteiger partial charge in [-0.3, -0.25) is 0 Å². The second-order valence-electron chi connectivity index (χ2n) is 8.26. The molecular formula is C23H27N7O. The second kappa shape index (κ2) is 7.70. The van der Waals surface area contributed by atoms with E-state index in [1.165, 1.54) is 16.7 Å². The van der Waals surface area contributed by atoms with Crippen molar-refractivity contribution in [2.24, 2.45) is 0 Å². The summed E-state index contributed by atoms with van der Waals surface area (Å²) in [4.78, 5) is 11.5. The van der Waals surface area contributed by atoms with Crippen LogP contribution in [0.1, 0.15) is 29.5 Å². The summed E-state index contributed by atoms with van der Waals surface area (Å²) in [6, 6.07) is 8.38. The first-order chi connectivity index (χ1) is 15.0. The van der Waals surface area contributed by atoms with Crippen LogP contribution < -0.4 is 10.2 Å². The number of aliphatic hydroxyl groups excluding tert-OH is 1. The van der Waals surface area contributed by atoms with E-state index in [0.717, 1.165) is 36.4 Å². The molecule has 4 aromatic rings. The molecule has 0 spiro atoms. The van der Waals surface area contributed by atoms with Crippen LogP contribution >= 0.6 is 0 Å². The fraction of sp³-hybridized carbons (Fsp3) is 0.348. The van der Waals surface area contributed by atoms with Gasteiger partial charge in [-0.25, -0.2) is 9.50 Å². The van der Waals surface area contributed by atoms with Crippen LogP contribution in [0, 0.1) is 20.8 Å². The van der Waals surface area contributed by atoms with Gasteiger partial charge in [-0.1, -0.05) is 0 Å². The third kappa shape index (κ3) is 3.53. The molecule has 1 saturated heterocycles. The Morgan fingerprint density at radius 3 is 2.77 bits per heavy atom. The molecule has 5 rings (SSSR count). The molecule has 0 saturated carbocycles. The molecule has 8 nitrogen and oxygen atoms in total. The average molecular weight is 418 g/mol. The molecule has 3 aromatic heterocycles. The van der Waals surface area contributed by atoms with Gasteiger partial charge in [0.05, 0.1) is 18.8 Å². The number of aliphatic hydroxyl groups is 1. The SMILES string of the molecule is Cc1cc(-n2cnc(Nc3nc(N4CCC[C@@H]4CO)c4cccn4n3)c2)cc(C)c1C. The number of hydrogen-bond acceptors (Lipinski definition) is 6. The lowest BCUT2D eigenvalue weighted by atomic mass is 10.0. The highest BCUT2D eigenvalue weighted by atomic mass is 16.3. The van der Waals surface area contributed by atoms with E-state index in [9.17, 15) is 5.11 Å². The maximum absolute atomic E-state index is 9.77. The number of fused-ring (bicyclic) bond motifs is 1. The molecule has 1 aliphatic rings. The van der Waals surface area contributed by atoms with Crippen molar-refractivity contribution >= 4 is 23.1 Å². The lowest BCUT2D eigenvalue weighted by Crippen LogP contribution is -2.33. The van der Waals surface area contributed by atoms with E-state index < -0.39 is 0 Å². The van der Waals surface area contributed by atoms with Crippen molar-refractivity contribution < 1.29 is 5.11 Å². The minimum atomic E-state index is 0.0914. The molecule has 0 unspecified atom stereocenters. The standard InChI is InChI=1S/C23H27N7O/c1-15-10-19(11-16(2)17(15)3)28-12-21(24-14-28)25-23-26-22(20-7-5-9-30(20)27-23)29-8-4-6-18(29)13-31/h5,7,9-12,14,18,31H,4,6,8,13H2,1-3H3,(H,25,27)/t18-/m1/s1. The first-order valence-corrected chi connectivity index (χ1v) is 10.7. The first kappa shape index (κ1) is 19.6. The van der Waals surface area contributed by atoms with Crippen molar-refractivity contribution in [3.8, 4) is 5.69 Å². The minimum Gasteiger partial charge on any atom is -0.394 e. The molecule has 0 amide bonds. The van der Waals surface area contributed by atoms with Crippen LogP contribution in [0.4, 0.5) is 17.6 Å². The summed E-state index contributed by atoms with van der Waals surface area (Å²) in [6.45, 7) is 7.40. The lowest BCUT2D eigenvalue weighted by molar-refractivity contribution is 0.266. The van der Waals surface area contributed by atoms with Crippen LogP contribution in [0.25, 0.3) is 11.2 Å². The zero-order valence-corrected chi connectivity index (χ0v) is 18.1. The van der Waals surface area contributed by atoms with Crippen LogP contribution in [0.15, 0.2) is 43.0 Å². The van der Waals surface area contributed by atoms with Crippen LogP contribution in [-0.2, 0) is 0 Å². The third-order valence-corrected chi connectivity index (χ3v) is 6.26. The third-order valence-electron chi connectivity index (χ3n) is 6.26. The van der Waals surface area contributed by atoms with Crippen molar-refractivity contribution in [1.82, 2.24) is 24.1 Å². The van der Waals surface area contributed by atoms with E-state index in [4.69, 9.17) is 4.98 Å². The van der Waals surface area contributed by atoms with Gasteiger partial charge in [0.2, 0.25) is 5.95 Å². The zero-order valence-electron chi connectivity index (χ0n) is 18.1. The zero-order chi connectivity index (χ0) is 21.5. The van der Waals surface area contributed by atoms with Crippen molar-refractivity contribution in [3.63, 3.8) is 0 Å². The van der Waals surface area contributed by atoms with Crippen molar-refractivity contribution in [1.29, 1.82) is 0 Å². The Hall–Kier alpha value is -3.39. The van der Waals surface area contributed by atoms with Crippen LogP contribution in [0.3, 0.4) is 0 Å². The summed E-state index contributed by atoms with van der Waals surface area (Å²) >= 11 is 0. The molecule has 8 heteroatoms. The number of aryl methyl sites for hydroxylation is 2. The van der Waals surface area contributed by atoms with Gasteiger partial charge in [0.25, 0.3) is 0 Å².